The molecule has 0 saturated heterocycles. The smallest absolute Gasteiger partial charge is 0.565 e. The molecule has 0 spiro atoms. The molecule has 0 aromatic carbocycles. The molecule has 0 aliphatic rings. The van der Waals surface area contributed by atoms with Gasteiger partial charge in [0.05, 0.1) is 0 Å². The summed E-state index contributed by atoms with van der Waals surface area (Å²) in [4.78, 5) is 8.44. The Balaban J connectivity index is -0.000000000818. The standard InChI is InChI=1S/CH2O3.Na.10H2O/c2-1(3)4;;;;;;;;;;;/h(H2,2,3,4);;10*1H2/q;+1;;;;;;;;;;/p-1. The van der Waals surface area contributed by atoms with Crippen LogP contribution in [-0.4, -0.2) is 66.0 Å². The maximum atomic E-state index is 8.44. The Labute approximate surface area is 106 Å². The first-order valence-corrected chi connectivity index (χ1v) is 0.632. The second-order valence-electron chi connectivity index (χ2n) is 0.266. The van der Waals surface area contributed by atoms with Crippen molar-refractivity contribution in [1.29, 1.82) is 0 Å². The first kappa shape index (κ1) is 347. The van der Waals surface area contributed by atoms with Gasteiger partial charge in [-0.1, -0.05) is 0 Å². The number of carbonyl (C=O) groups is 1. The van der Waals surface area contributed by atoms with Crippen LogP contribution in [-0.2, 0) is 0 Å². The molecule has 0 atom stereocenters. The minimum absolute atomic E-state index is 0. The van der Waals surface area contributed by atoms with E-state index in [1.165, 1.54) is 0 Å². The molecule has 14 heteroatoms. The van der Waals surface area contributed by atoms with Crippen LogP contribution < -0.4 is 34.7 Å². The minimum Gasteiger partial charge on any atom is -0.565 e. The predicted octanol–water partition coefficient (Wildman–Crippen LogP) is -12.4. The molecule has 15 heavy (non-hydrogen) atoms. The second-order valence-corrected chi connectivity index (χ2v) is 0.266. The Morgan fingerprint density at radius 1 is 0.667 bits per heavy atom. The summed E-state index contributed by atoms with van der Waals surface area (Å²) in [6.07, 6.45) is -2.08. The number of hydrogen-bond acceptors (Lipinski definition) is 2. The molecule has 0 fully saturated rings. The van der Waals surface area contributed by atoms with Crippen LogP contribution in [0, 0.1) is 0 Å². The predicted molar refractivity (Wildman–Crippen MR) is 44.2 cm³/mol. The van der Waals surface area contributed by atoms with Crippen molar-refractivity contribution in [3.63, 3.8) is 0 Å². The Hall–Kier alpha value is -0.130. The maximum absolute atomic E-state index is 8.44. The zero-order chi connectivity index (χ0) is 3.58. The Morgan fingerprint density at radius 3 is 0.667 bits per heavy atom. The average molecular weight is 264 g/mol. The van der Waals surface area contributed by atoms with Crippen LogP contribution >= 0.6 is 0 Å². The van der Waals surface area contributed by atoms with E-state index in [4.69, 9.17) is 15.0 Å². The van der Waals surface area contributed by atoms with Gasteiger partial charge >= 0.3 is 29.6 Å². The quantitative estimate of drug-likeness (QED) is 0.416. The van der Waals surface area contributed by atoms with Crippen molar-refractivity contribution < 1.29 is 99.3 Å². The minimum atomic E-state index is -2.08. The zero-order valence-electron chi connectivity index (χ0n) is 7.76. The van der Waals surface area contributed by atoms with Crippen molar-refractivity contribution in [2.75, 3.05) is 0 Å². The van der Waals surface area contributed by atoms with Crippen molar-refractivity contribution in [2.45, 2.75) is 0 Å². The summed E-state index contributed by atoms with van der Waals surface area (Å²) in [6.45, 7) is 0. The molecule has 0 bridgehead atoms. The second kappa shape index (κ2) is 279. The van der Waals surface area contributed by atoms with Gasteiger partial charge in [0, 0.05) is 0 Å². The van der Waals surface area contributed by atoms with Crippen molar-refractivity contribution >= 4 is 6.16 Å². The van der Waals surface area contributed by atoms with E-state index in [0.29, 0.717) is 0 Å². The average Bonchev–Trinajstić information content (AvgIpc) is 0.811. The van der Waals surface area contributed by atoms with Crippen molar-refractivity contribution in [3.8, 4) is 0 Å². The molecule has 0 saturated carbocycles. The topological polar surface area (TPSA) is 375 Å². The molecule has 0 unspecified atom stereocenters. The van der Waals surface area contributed by atoms with E-state index in [9.17, 15) is 0 Å². The third kappa shape index (κ3) is 116000. The van der Waals surface area contributed by atoms with E-state index >= 15 is 0 Å². The molecule has 104 valence electrons. The summed E-state index contributed by atoms with van der Waals surface area (Å²) in [6, 6.07) is 0. The van der Waals surface area contributed by atoms with Crippen LogP contribution in [0.3, 0.4) is 0 Å². The SMILES string of the molecule is O.O.O.O.O.O.O.O.O.O.O=C([O-])O.[Na+]. The van der Waals surface area contributed by atoms with Crippen LogP contribution in [0.4, 0.5) is 4.79 Å². The molecule has 0 rings (SSSR count). The summed E-state index contributed by atoms with van der Waals surface area (Å²) in [5.41, 5.74) is 0. The van der Waals surface area contributed by atoms with Gasteiger partial charge in [-0.15, -0.1) is 0 Å². The molecular formula is CH21NaO13. The van der Waals surface area contributed by atoms with Crippen molar-refractivity contribution in [2.24, 2.45) is 0 Å². The Morgan fingerprint density at radius 2 is 0.667 bits per heavy atom. The van der Waals surface area contributed by atoms with Crippen molar-refractivity contribution in [1.82, 2.24) is 0 Å². The molecule has 13 nitrogen and oxygen atoms in total. The number of rotatable bonds is 0. The first-order valence-electron chi connectivity index (χ1n) is 0.632. The summed E-state index contributed by atoms with van der Waals surface area (Å²) >= 11 is 0. The van der Waals surface area contributed by atoms with E-state index in [-0.39, 0.29) is 84.3 Å². The normalized spacial score (nSPS) is 1.60. The summed E-state index contributed by atoms with van der Waals surface area (Å²) in [5, 5.41) is 15.3. The molecule has 0 aliphatic carbocycles. The van der Waals surface area contributed by atoms with Gasteiger partial charge in [0.25, 0.3) is 0 Å². The Bertz CT molecular complexity index is 33.5. The van der Waals surface area contributed by atoms with Gasteiger partial charge in [-0.3, -0.25) is 0 Å². The first-order chi connectivity index (χ1) is 1.73. The molecular weight excluding hydrogens is 243 g/mol. The monoisotopic (exact) mass is 264 g/mol. The molecule has 21 N–H and O–H groups in total. The van der Waals surface area contributed by atoms with Gasteiger partial charge < -0.3 is 69.8 Å². The van der Waals surface area contributed by atoms with Crippen LogP contribution in [0.25, 0.3) is 0 Å². The van der Waals surface area contributed by atoms with E-state index in [0.717, 1.165) is 0 Å². The van der Waals surface area contributed by atoms with Gasteiger partial charge in [0.15, 0.2) is 0 Å². The van der Waals surface area contributed by atoms with E-state index in [1.54, 1.807) is 0 Å². The van der Waals surface area contributed by atoms with Crippen molar-refractivity contribution in [3.05, 3.63) is 0 Å². The van der Waals surface area contributed by atoms with Crippen LogP contribution in [0.2, 0.25) is 0 Å². The molecule has 0 aromatic heterocycles. The summed E-state index contributed by atoms with van der Waals surface area (Å²) in [5.74, 6) is 0. The summed E-state index contributed by atoms with van der Waals surface area (Å²) in [7, 11) is 0. The molecule has 0 aromatic rings. The fourth-order valence-electron chi connectivity index (χ4n) is 0. The third-order valence-electron chi connectivity index (χ3n) is 0. The fraction of sp³-hybridized carbons (Fsp3) is 0. The molecule has 0 aliphatic heterocycles. The zero-order valence-corrected chi connectivity index (χ0v) is 9.76. The van der Waals surface area contributed by atoms with E-state index in [1.807, 2.05) is 0 Å². The number of carboxylic acid groups (broad SMARTS) is 2. The third-order valence-corrected chi connectivity index (χ3v) is 0. The van der Waals surface area contributed by atoms with Crippen LogP contribution in [0.15, 0.2) is 0 Å². The van der Waals surface area contributed by atoms with Crippen LogP contribution in [0.1, 0.15) is 0 Å². The Kier molecular flexibility index (Phi) is 6460. The largest absolute Gasteiger partial charge is 1.00 e. The summed E-state index contributed by atoms with van der Waals surface area (Å²) < 4.78 is 0. The molecule has 0 heterocycles. The van der Waals surface area contributed by atoms with Gasteiger partial charge in [-0.25, -0.2) is 0 Å². The number of hydrogen-bond donors (Lipinski definition) is 1. The van der Waals surface area contributed by atoms with Gasteiger partial charge in [-0.2, -0.15) is 0 Å². The fourth-order valence-corrected chi connectivity index (χ4v) is 0. The van der Waals surface area contributed by atoms with E-state index < -0.39 is 6.16 Å². The van der Waals surface area contributed by atoms with Gasteiger partial charge in [0.2, 0.25) is 6.16 Å². The maximum Gasteiger partial charge on any atom is 1.00 e. The van der Waals surface area contributed by atoms with Gasteiger partial charge in [-0.05, 0) is 0 Å². The van der Waals surface area contributed by atoms with E-state index in [2.05, 4.69) is 0 Å². The molecule has 0 amide bonds. The molecule has 0 radical (unpaired) electrons. The van der Waals surface area contributed by atoms with Gasteiger partial charge in [0.1, 0.15) is 0 Å². The van der Waals surface area contributed by atoms with Crippen LogP contribution in [0.5, 0.6) is 0 Å².